The number of carbonyl (C=O) groups is 1. The smallest absolute Gasteiger partial charge is 0.256 e. The molecule has 1 aromatic carbocycles. The molecule has 0 aliphatic heterocycles. The Morgan fingerprint density at radius 3 is 2.84 bits per heavy atom. The van der Waals surface area contributed by atoms with Crippen molar-refractivity contribution in [1.29, 1.82) is 0 Å². The number of hydrogen-bond donors (Lipinski definition) is 2. The number of anilines is 1. The van der Waals surface area contributed by atoms with Gasteiger partial charge in [0.2, 0.25) is 0 Å². The first kappa shape index (κ1) is 15.2. The van der Waals surface area contributed by atoms with E-state index in [0.29, 0.717) is 18.7 Å². The number of carbonyl (C=O) groups excluding carboxylic acids is 1. The highest BCUT2D eigenvalue weighted by Crippen LogP contribution is 2.18. The second kappa shape index (κ2) is 6.93. The van der Waals surface area contributed by atoms with Crippen LogP contribution in [0.5, 0.6) is 0 Å². The minimum absolute atomic E-state index is 0.165. The van der Waals surface area contributed by atoms with Gasteiger partial charge in [0.05, 0.1) is 6.54 Å². The number of benzene rings is 1. The normalized spacial score (nSPS) is 13.1. The van der Waals surface area contributed by atoms with Gasteiger partial charge in [0.25, 0.3) is 5.91 Å². The largest absolute Gasteiger partial charge is 0.369 e. The summed E-state index contributed by atoms with van der Waals surface area (Å²) in [5.74, 6) is 5.54. The van der Waals surface area contributed by atoms with E-state index in [2.05, 4.69) is 17.2 Å². The van der Waals surface area contributed by atoms with E-state index in [1.807, 2.05) is 31.2 Å². The first-order valence-electron chi connectivity index (χ1n) is 6.21. The molecule has 0 saturated heterocycles. The average molecular weight is 260 g/mol. The van der Waals surface area contributed by atoms with Gasteiger partial charge in [-0.1, -0.05) is 24.8 Å². The van der Waals surface area contributed by atoms with Gasteiger partial charge in [-0.3, -0.25) is 4.79 Å². The highest BCUT2D eigenvalue weighted by atomic mass is 16.5. The molecule has 0 heterocycles. The molecule has 0 saturated carbocycles. The van der Waals surface area contributed by atoms with Crippen LogP contribution < -0.4 is 11.1 Å². The van der Waals surface area contributed by atoms with Crippen LogP contribution in [0.3, 0.4) is 0 Å². The number of rotatable bonds is 4. The molecular weight excluding hydrogens is 240 g/mol. The summed E-state index contributed by atoms with van der Waals surface area (Å²) < 4.78 is 5.26. The molecule has 0 aromatic heterocycles. The van der Waals surface area contributed by atoms with E-state index in [1.165, 1.54) is 7.11 Å². The molecule has 1 rings (SSSR count). The number of nitrogens with two attached hydrogens (primary N) is 1. The molecule has 0 fully saturated rings. The van der Waals surface area contributed by atoms with E-state index >= 15 is 0 Å². The van der Waals surface area contributed by atoms with Crippen LogP contribution in [0.1, 0.15) is 25.8 Å². The molecule has 3 N–H and O–H groups in total. The summed E-state index contributed by atoms with van der Waals surface area (Å²) in [5, 5.41) is 2.84. The summed E-state index contributed by atoms with van der Waals surface area (Å²) in [6.07, 6.45) is 0.599. The van der Waals surface area contributed by atoms with Crippen LogP contribution in [-0.4, -0.2) is 25.2 Å². The molecule has 1 aromatic rings. The minimum atomic E-state index is -0.820. The molecule has 102 valence electrons. The van der Waals surface area contributed by atoms with Crippen molar-refractivity contribution in [1.82, 2.24) is 0 Å². The van der Waals surface area contributed by atoms with Crippen LogP contribution in [0, 0.1) is 11.8 Å². The molecule has 1 amide bonds. The molecule has 4 heteroatoms. The second-order valence-corrected chi connectivity index (χ2v) is 4.33. The zero-order valence-corrected chi connectivity index (χ0v) is 11.6. The predicted molar refractivity (Wildman–Crippen MR) is 76.7 cm³/mol. The molecule has 19 heavy (non-hydrogen) atoms. The van der Waals surface area contributed by atoms with E-state index in [9.17, 15) is 4.79 Å². The maximum atomic E-state index is 12.1. The van der Waals surface area contributed by atoms with Crippen LogP contribution in [-0.2, 0) is 9.53 Å². The standard InChI is InChI=1S/C15H20N2O2/c1-4-15(2,19-3)14(18)17-13-9-5-7-12(11-13)8-6-10-16/h5,7,9,11H,4,10,16H2,1-3H3,(H,17,18). The maximum absolute atomic E-state index is 12.1. The summed E-state index contributed by atoms with van der Waals surface area (Å²) in [6.45, 7) is 3.99. The van der Waals surface area contributed by atoms with Gasteiger partial charge in [-0.15, -0.1) is 0 Å². The third kappa shape index (κ3) is 4.09. The molecule has 0 aliphatic carbocycles. The first-order chi connectivity index (χ1) is 9.05. The Labute approximate surface area is 114 Å². The lowest BCUT2D eigenvalue weighted by Crippen LogP contribution is -2.41. The number of ether oxygens (including phenoxy) is 1. The summed E-state index contributed by atoms with van der Waals surface area (Å²) in [5.41, 5.74) is 6.03. The highest BCUT2D eigenvalue weighted by Gasteiger charge is 2.30. The lowest BCUT2D eigenvalue weighted by Gasteiger charge is -2.25. The highest BCUT2D eigenvalue weighted by molar-refractivity contribution is 5.97. The fourth-order valence-corrected chi connectivity index (χ4v) is 1.49. The van der Waals surface area contributed by atoms with Gasteiger partial charge in [0, 0.05) is 18.4 Å². The number of methoxy groups -OCH3 is 1. The van der Waals surface area contributed by atoms with Crippen molar-refractivity contribution >= 4 is 11.6 Å². The van der Waals surface area contributed by atoms with Gasteiger partial charge in [-0.05, 0) is 31.5 Å². The minimum Gasteiger partial charge on any atom is -0.369 e. The maximum Gasteiger partial charge on any atom is 0.256 e. The average Bonchev–Trinajstić information content (AvgIpc) is 2.44. The molecule has 1 unspecified atom stereocenters. The van der Waals surface area contributed by atoms with Crippen molar-refractivity contribution < 1.29 is 9.53 Å². The SMILES string of the molecule is CCC(C)(OC)C(=O)Nc1cccc(C#CCN)c1. The van der Waals surface area contributed by atoms with Gasteiger partial charge in [0.1, 0.15) is 5.60 Å². The van der Waals surface area contributed by atoms with E-state index < -0.39 is 5.60 Å². The molecule has 0 bridgehead atoms. The van der Waals surface area contributed by atoms with Crippen LogP contribution >= 0.6 is 0 Å². The monoisotopic (exact) mass is 260 g/mol. The zero-order chi connectivity index (χ0) is 14.3. The van der Waals surface area contributed by atoms with Gasteiger partial charge in [0.15, 0.2) is 0 Å². The lowest BCUT2D eigenvalue weighted by molar-refractivity contribution is -0.136. The van der Waals surface area contributed by atoms with Crippen molar-refractivity contribution in [3.63, 3.8) is 0 Å². The lowest BCUT2D eigenvalue weighted by atomic mass is 10.0. The van der Waals surface area contributed by atoms with Crippen LogP contribution in [0.4, 0.5) is 5.69 Å². The molecule has 0 radical (unpaired) electrons. The van der Waals surface area contributed by atoms with E-state index in [-0.39, 0.29) is 5.91 Å². The Kier molecular flexibility index (Phi) is 5.56. The number of nitrogens with one attached hydrogen (secondary N) is 1. The first-order valence-corrected chi connectivity index (χ1v) is 6.21. The summed E-state index contributed by atoms with van der Waals surface area (Å²) >= 11 is 0. The van der Waals surface area contributed by atoms with Gasteiger partial charge < -0.3 is 15.8 Å². The Morgan fingerprint density at radius 1 is 1.53 bits per heavy atom. The molecule has 1 atom stereocenters. The quantitative estimate of drug-likeness (QED) is 0.811. The van der Waals surface area contributed by atoms with Crippen molar-refractivity contribution in [2.24, 2.45) is 5.73 Å². The van der Waals surface area contributed by atoms with Crippen LogP contribution in [0.25, 0.3) is 0 Å². The summed E-state index contributed by atoms with van der Waals surface area (Å²) in [7, 11) is 1.53. The predicted octanol–water partition coefficient (Wildman–Crippen LogP) is 1.75. The number of amides is 1. The van der Waals surface area contributed by atoms with Gasteiger partial charge >= 0.3 is 0 Å². The van der Waals surface area contributed by atoms with Crippen LogP contribution in [0.15, 0.2) is 24.3 Å². The van der Waals surface area contributed by atoms with Crippen molar-refractivity contribution in [3.05, 3.63) is 29.8 Å². The Balaban J connectivity index is 2.85. The topological polar surface area (TPSA) is 64.3 Å². The van der Waals surface area contributed by atoms with Gasteiger partial charge in [-0.25, -0.2) is 0 Å². The van der Waals surface area contributed by atoms with Crippen molar-refractivity contribution in [2.45, 2.75) is 25.9 Å². The zero-order valence-electron chi connectivity index (χ0n) is 11.6. The summed E-state index contributed by atoms with van der Waals surface area (Å²) in [6, 6.07) is 7.34. The molecule has 0 aliphatic rings. The number of hydrogen-bond acceptors (Lipinski definition) is 3. The van der Waals surface area contributed by atoms with Crippen LogP contribution in [0.2, 0.25) is 0 Å². The summed E-state index contributed by atoms with van der Waals surface area (Å²) in [4.78, 5) is 12.1. The fraction of sp³-hybridized carbons (Fsp3) is 0.400. The van der Waals surface area contributed by atoms with E-state index in [1.54, 1.807) is 6.92 Å². The Bertz CT molecular complexity index is 496. The van der Waals surface area contributed by atoms with Gasteiger partial charge in [-0.2, -0.15) is 0 Å². The molecular formula is C15H20N2O2. The molecule has 0 spiro atoms. The third-order valence-electron chi connectivity index (χ3n) is 3.06. The second-order valence-electron chi connectivity index (χ2n) is 4.33. The van der Waals surface area contributed by atoms with Crippen molar-refractivity contribution in [3.8, 4) is 11.8 Å². The van der Waals surface area contributed by atoms with E-state index in [0.717, 1.165) is 5.56 Å². The molecule has 4 nitrogen and oxygen atoms in total. The third-order valence-corrected chi connectivity index (χ3v) is 3.06. The Morgan fingerprint density at radius 2 is 2.26 bits per heavy atom. The fourth-order valence-electron chi connectivity index (χ4n) is 1.49. The van der Waals surface area contributed by atoms with E-state index in [4.69, 9.17) is 10.5 Å². The van der Waals surface area contributed by atoms with Crippen molar-refractivity contribution in [2.75, 3.05) is 19.0 Å². The Hall–Kier alpha value is -1.83.